The summed E-state index contributed by atoms with van der Waals surface area (Å²) in [5, 5.41) is 7.58. The SMILES string of the molecule is CCNC(Cn1ncc(C)cc1=O)c1ccc(OC)cc1. The van der Waals surface area contributed by atoms with E-state index in [0.29, 0.717) is 6.54 Å². The minimum absolute atomic E-state index is 0.0359. The maximum Gasteiger partial charge on any atom is 0.267 e. The van der Waals surface area contributed by atoms with Gasteiger partial charge < -0.3 is 10.1 Å². The number of hydrogen-bond donors (Lipinski definition) is 1. The Hall–Kier alpha value is -2.14. The van der Waals surface area contributed by atoms with E-state index in [1.165, 1.54) is 4.68 Å². The summed E-state index contributed by atoms with van der Waals surface area (Å²) in [6, 6.07) is 9.49. The predicted octanol–water partition coefficient (Wildman–Crippen LogP) is 1.91. The van der Waals surface area contributed by atoms with E-state index in [4.69, 9.17) is 4.74 Å². The largest absolute Gasteiger partial charge is 0.497 e. The van der Waals surface area contributed by atoms with E-state index >= 15 is 0 Å². The molecule has 112 valence electrons. The van der Waals surface area contributed by atoms with Gasteiger partial charge in [0.2, 0.25) is 0 Å². The molecule has 0 saturated carbocycles. The topological polar surface area (TPSA) is 56.2 Å². The van der Waals surface area contributed by atoms with Gasteiger partial charge in [-0.05, 0) is 36.7 Å². The highest BCUT2D eigenvalue weighted by molar-refractivity contribution is 5.29. The Labute approximate surface area is 124 Å². The monoisotopic (exact) mass is 287 g/mol. The summed E-state index contributed by atoms with van der Waals surface area (Å²) in [4.78, 5) is 12.0. The Bertz CT molecular complexity index is 635. The molecule has 0 aliphatic carbocycles. The molecule has 5 nitrogen and oxygen atoms in total. The normalized spacial score (nSPS) is 12.1. The number of rotatable bonds is 6. The second-order valence-corrected chi connectivity index (χ2v) is 4.94. The lowest BCUT2D eigenvalue weighted by molar-refractivity contribution is 0.412. The number of benzene rings is 1. The summed E-state index contributed by atoms with van der Waals surface area (Å²) in [5.74, 6) is 0.819. The number of nitrogens with one attached hydrogen (secondary N) is 1. The molecule has 1 atom stereocenters. The molecule has 1 aromatic carbocycles. The van der Waals surface area contributed by atoms with E-state index in [0.717, 1.165) is 23.4 Å². The summed E-state index contributed by atoms with van der Waals surface area (Å²) in [7, 11) is 1.65. The van der Waals surface area contributed by atoms with Crippen LogP contribution in [0.15, 0.2) is 41.3 Å². The molecule has 2 rings (SSSR count). The van der Waals surface area contributed by atoms with Crippen molar-refractivity contribution in [3.63, 3.8) is 0 Å². The lowest BCUT2D eigenvalue weighted by atomic mass is 10.1. The minimum atomic E-state index is -0.0774. The van der Waals surface area contributed by atoms with Gasteiger partial charge in [0.25, 0.3) is 5.56 Å². The van der Waals surface area contributed by atoms with Gasteiger partial charge in [0.1, 0.15) is 5.75 Å². The molecule has 0 saturated heterocycles. The first-order chi connectivity index (χ1) is 10.1. The number of aromatic nitrogens is 2. The van der Waals surface area contributed by atoms with Gasteiger partial charge in [-0.3, -0.25) is 4.79 Å². The van der Waals surface area contributed by atoms with Gasteiger partial charge in [0.15, 0.2) is 0 Å². The van der Waals surface area contributed by atoms with Crippen molar-refractivity contribution in [1.82, 2.24) is 15.1 Å². The molecule has 0 radical (unpaired) electrons. The molecule has 1 heterocycles. The maximum absolute atomic E-state index is 12.0. The first-order valence-corrected chi connectivity index (χ1v) is 7.05. The van der Waals surface area contributed by atoms with Gasteiger partial charge in [-0.2, -0.15) is 5.10 Å². The molecule has 5 heteroatoms. The van der Waals surface area contributed by atoms with Crippen molar-refractivity contribution in [2.45, 2.75) is 26.4 Å². The maximum atomic E-state index is 12.0. The van der Waals surface area contributed by atoms with Crippen LogP contribution in [0.25, 0.3) is 0 Å². The van der Waals surface area contributed by atoms with Gasteiger partial charge in [0.05, 0.1) is 25.9 Å². The number of likely N-dealkylation sites (N-methyl/N-ethyl adjacent to an activating group) is 1. The lowest BCUT2D eigenvalue weighted by Crippen LogP contribution is -2.31. The van der Waals surface area contributed by atoms with Crippen LogP contribution in [-0.2, 0) is 6.54 Å². The van der Waals surface area contributed by atoms with Crippen molar-refractivity contribution in [3.8, 4) is 5.75 Å². The number of methoxy groups -OCH3 is 1. The first-order valence-electron chi connectivity index (χ1n) is 7.05. The van der Waals surface area contributed by atoms with Gasteiger partial charge in [-0.1, -0.05) is 19.1 Å². The Balaban J connectivity index is 2.23. The second kappa shape index (κ2) is 7.04. The van der Waals surface area contributed by atoms with E-state index in [9.17, 15) is 4.79 Å². The first kappa shape index (κ1) is 15.3. The Morgan fingerprint density at radius 3 is 2.62 bits per heavy atom. The van der Waals surface area contributed by atoms with Crippen molar-refractivity contribution in [3.05, 3.63) is 58.0 Å². The van der Waals surface area contributed by atoms with Crippen molar-refractivity contribution < 1.29 is 4.74 Å². The van der Waals surface area contributed by atoms with Crippen LogP contribution < -0.4 is 15.6 Å². The molecule has 0 aliphatic heterocycles. The molecule has 0 amide bonds. The summed E-state index contributed by atoms with van der Waals surface area (Å²) in [6.07, 6.45) is 1.71. The van der Waals surface area contributed by atoms with E-state index < -0.39 is 0 Å². The van der Waals surface area contributed by atoms with Crippen molar-refractivity contribution >= 4 is 0 Å². The fraction of sp³-hybridized carbons (Fsp3) is 0.375. The summed E-state index contributed by atoms with van der Waals surface area (Å²) in [5.41, 5.74) is 1.90. The zero-order valence-corrected chi connectivity index (χ0v) is 12.7. The Morgan fingerprint density at radius 2 is 2.05 bits per heavy atom. The van der Waals surface area contributed by atoms with Crippen LogP contribution in [0, 0.1) is 6.92 Å². The highest BCUT2D eigenvalue weighted by Crippen LogP contribution is 2.18. The van der Waals surface area contributed by atoms with E-state index in [-0.39, 0.29) is 11.6 Å². The van der Waals surface area contributed by atoms with Crippen molar-refractivity contribution in [2.24, 2.45) is 0 Å². The zero-order valence-electron chi connectivity index (χ0n) is 12.7. The van der Waals surface area contributed by atoms with Crippen LogP contribution in [0.2, 0.25) is 0 Å². The van der Waals surface area contributed by atoms with Crippen molar-refractivity contribution in [1.29, 1.82) is 0 Å². The minimum Gasteiger partial charge on any atom is -0.497 e. The number of ether oxygens (including phenoxy) is 1. The molecule has 1 aromatic heterocycles. The second-order valence-electron chi connectivity index (χ2n) is 4.94. The third-order valence-corrected chi connectivity index (χ3v) is 3.33. The molecule has 2 aromatic rings. The molecule has 0 fully saturated rings. The van der Waals surface area contributed by atoms with E-state index in [2.05, 4.69) is 10.4 Å². The standard InChI is InChI=1S/C16H21N3O2/c1-4-17-15(13-5-7-14(21-3)8-6-13)11-19-16(20)9-12(2)10-18-19/h5-10,15,17H,4,11H2,1-3H3. The van der Waals surface area contributed by atoms with Crippen LogP contribution >= 0.6 is 0 Å². The van der Waals surface area contributed by atoms with Crippen molar-refractivity contribution in [2.75, 3.05) is 13.7 Å². The van der Waals surface area contributed by atoms with E-state index in [1.807, 2.05) is 38.1 Å². The highest BCUT2D eigenvalue weighted by atomic mass is 16.5. The smallest absolute Gasteiger partial charge is 0.267 e. The molecular weight excluding hydrogens is 266 g/mol. The van der Waals surface area contributed by atoms with Crippen LogP contribution in [0.3, 0.4) is 0 Å². The van der Waals surface area contributed by atoms with E-state index in [1.54, 1.807) is 19.4 Å². The highest BCUT2D eigenvalue weighted by Gasteiger charge is 2.12. The quantitative estimate of drug-likeness (QED) is 0.882. The van der Waals surface area contributed by atoms with Crippen LogP contribution in [0.1, 0.15) is 24.1 Å². The Morgan fingerprint density at radius 1 is 1.33 bits per heavy atom. The number of nitrogens with zero attached hydrogens (tertiary/aromatic N) is 2. The van der Waals surface area contributed by atoms with Crippen LogP contribution in [0.4, 0.5) is 0 Å². The third kappa shape index (κ3) is 3.92. The molecule has 0 aliphatic rings. The molecular formula is C16H21N3O2. The fourth-order valence-corrected chi connectivity index (χ4v) is 2.20. The van der Waals surface area contributed by atoms with Gasteiger partial charge in [-0.15, -0.1) is 0 Å². The molecule has 1 unspecified atom stereocenters. The molecule has 0 spiro atoms. The number of hydrogen-bond acceptors (Lipinski definition) is 4. The zero-order chi connectivity index (χ0) is 15.2. The van der Waals surface area contributed by atoms with Gasteiger partial charge in [-0.25, -0.2) is 4.68 Å². The third-order valence-electron chi connectivity index (χ3n) is 3.33. The van der Waals surface area contributed by atoms with Gasteiger partial charge in [0, 0.05) is 6.07 Å². The average molecular weight is 287 g/mol. The molecule has 21 heavy (non-hydrogen) atoms. The van der Waals surface area contributed by atoms with Gasteiger partial charge >= 0.3 is 0 Å². The fourth-order valence-electron chi connectivity index (χ4n) is 2.20. The van der Waals surface area contributed by atoms with Crippen LogP contribution in [-0.4, -0.2) is 23.4 Å². The molecule has 1 N–H and O–H groups in total. The number of aryl methyl sites for hydroxylation is 1. The summed E-state index contributed by atoms with van der Waals surface area (Å²) < 4.78 is 6.66. The van der Waals surface area contributed by atoms with Crippen LogP contribution in [0.5, 0.6) is 5.75 Å². The summed E-state index contributed by atoms with van der Waals surface area (Å²) >= 11 is 0. The molecule has 0 bridgehead atoms. The predicted molar refractivity (Wildman–Crippen MR) is 82.6 cm³/mol. The lowest BCUT2D eigenvalue weighted by Gasteiger charge is -2.19. The average Bonchev–Trinajstić information content (AvgIpc) is 2.49. The Kier molecular flexibility index (Phi) is 5.11. The summed E-state index contributed by atoms with van der Waals surface area (Å²) in [6.45, 7) is 5.22.